The van der Waals surface area contributed by atoms with Crippen LogP contribution in [0.1, 0.15) is 58.4 Å². The van der Waals surface area contributed by atoms with Gasteiger partial charge >= 0.3 is 12.2 Å². The number of ether oxygens (including phenoxy) is 2. The van der Waals surface area contributed by atoms with E-state index < -0.39 is 18.3 Å². The molecule has 0 bridgehead atoms. The van der Waals surface area contributed by atoms with Gasteiger partial charge in [-0.1, -0.05) is 30.1 Å². The molecule has 3 N–H and O–H groups in total. The molecular formula is C43H46Cl3N7O7S2. The number of anilines is 4. The van der Waals surface area contributed by atoms with Crippen molar-refractivity contribution in [1.29, 1.82) is 0 Å². The Bertz CT molecular complexity index is 2260. The first kappa shape index (κ1) is 45.2. The van der Waals surface area contributed by atoms with E-state index in [0.717, 1.165) is 61.6 Å². The van der Waals surface area contributed by atoms with Crippen molar-refractivity contribution in [2.45, 2.75) is 51.2 Å². The monoisotopic (exact) mass is 941 g/mol. The molecule has 62 heavy (non-hydrogen) atoms. The Balaban J connectivity index is 0.000000166. The highest BCUT2D eigenvalue weighted by Crippen LogP contribution is 2.36. The first-order valence-corrected chi connectivity index (χ1v) is 23.2. The van der Waals surface area contributed by atoms with E-state index in [1.807, 2.05) is 48.5 Å². The highest BCUT2D eigenvalue weighted by Gasteiger charge is 2.36. The fourth-order valence-corrected chi connectivity index (χ4v) is 8.84. The lowest BCUT2D eigenvalue weighted by Crippen LogP contribution is -2.34. The number of amides is 4. The molecule has 2 aliphatic carbocycles. The molecule has 4 fully saturated rings. The first-order valence-electron chi connectivity index (χ1n) is 20.4. The number of cyclic esters (lactones) is 2. The van der Waals surface area contributed by atoms with Gasteiger partial charge in [0.05, 0.1) is 51.2 Å². The number of rotatable bonds is 14. The van der Waals surface area contributed by atoms with Crippen molar-refractivity contribution in [3.05, 3.63) is 91.2 Å². The predicted octanol–water partition coefficient (Wildman–Crippen LogP) is 8.93. The van der Waals surface area contributed by atoms with Gasteiger partial charge < -0.3 is 30.3 Å². The van der Waals surface area contributed by atoms with Gasteiger partial charge in [0.15, 0.2) is 0 Å². The molecule has 0 unspecified atom stereocenters. The number of amidine groups is 1. The zero-order chi connectivity index (χ0) is 43.8. The maximum absolute atomic E-state index is 12.3. The zero-order valence-corrected chi connectivity index (χ0v) is 37.7. The Morgan fingerprint density at radius 3 is 1.60 bits per heavy atom. The number of carbonyl (C=O) groups is 5. The van der Waals surface area contributed by atoms with Crippen molar-refractivity contribution in [3.8, 4) is 0 Å². The minimum atomic E-state index is -0.405. The van der Waals surface area contributed by atoms with E-state index in [1.165, 1.54) is 41.4 Å². The molecule has 19 heteroatoms. The lowest BCUT2D eigenvalue weighted by atomic mass is 10.2. The quantitative estimate of drug-likeness (QED) is 0.105. The summed E-state index contributed by atoms with van der Waals surface area (Å²) in [5.41, 5.74) is 3.68. The van der Waals surface area contributed by atoms with Crippen LogP contribution in [0, 0.1) is 11.8 Å². The maximum Gasteiger partial charge on any atom is 0.414 e. The smallest absolute Gasteiger partial charge is 0.414 e. The van der Waals surface area contributed by atoms with Crippen LogP contribution in [0.3, 0.4) is 0 Å². The first-order chi connectivity index (χ1) is 29.9. The summed E-state index contributed by atoms with van der Waals surface area (Å²) in [4.78, 5) is 69.8. The molecule has 9 rings (SSSR count). The van der Waals surface area contributed by atoms with Crippen molar-refractivity contribution in [2.24, 2.45) is 16.8 Å². The molecule has 3 aliphatic heterocycles. The molecule has 14 nitrogen and oxygen atoms in total. The van der Waals surface area contributed by atoms with Gasteiger partial charge in [0.1, 0.15) is 18.0 Å². The molecule has 2 atom stereocenters. The van der Waals surface area contributed by atoms with Gasteiger partial charge in [-0.3, -0.25) is 29.2 Å². The number of nitrogens with zero attached hydrogens (tertiary/aromatic N) is 4. The van der Waals surface area contributed by atoms with Crippen LogP contribution in [0.4, 0.5) is 32.3 Å². The molecule has 4 amide bonds. The number of hydrogen-bond donors (Lipinski definition) is 3. The normalized spacial score (nSPS) is 19.1. The van der Waals surface area contributed by atoms with Crippen LogP contribution < -0.4 is 30.7 Å². The Hall–Kier alpha value is -4.87. The number of halogens is 3. The second-order valence-electron chi connectivity index (χ2n) is 15.1. The third kappa shape index (κ3) is 12.2. The van der Waals surface area contributed by atoms with Crippen LogP contribution in [0.2, 0.25) is 8.67 Å². The van der Waals surface area contributed by atoms with E-state index >= 15 is 0 Å². The molecule has 5 aliphatic rings. The summed E-state index contributed by atoms with van der Waals surface area (Å²) in [6.07, 6.45) is 3.94. The molecule has 2 saturated heterocycles. The summed E-state index contributed by atoms with van der Waals surface area (Å²) >= 11 is 19.2. The van der Waals surface area contributed by atoms with Gasteiger partial charge in [-0.15, -0.1) is 22.7 Å². The number of nitrogens with one attached hydrogen (secondary N) is 3. The van der Waals surface area contributed by atoms with E-state index in [2.05, 4.69) is 32.8 Å². The topological polar surface area (TPSA) is 162 Å². The second kappa shape index (κ2) is 21.0. The summed E-state index contributed by atoms with van der Waals surface area (Å²) in [6.45, 7) is 6.06. The van der Waals surface area contributed by atoms with Gasteiger partial charge in [0, 0.05) is 47.7 Å². The summed E-state index contributed by atoms with van der Waals surface area (Å²) in [5.74, 6) is 1.60. The zero-order valence-electron chi connectivity index (χ0n) is 33.8. The van der Waals surface area contributed by atoms with Crippen LogP contribution in [-0.2, 0) is 14.3 Å². The lowest BCUT2D eigenvalue weighted by Gasteiger charge is -2.21. The van der Waals surface area contributed by atoms with Crippen LogP contribution in [-0.4, -0.2) is 93.1 Å². The van der Waals surface area contributed by atoms with Gasteiger partial charge in [-0.05, 0) is 117 Å². The molecule has 328 valence electrons. The number of thiophene rings is 2. The summed E-state index contributed by atoms with van der Waals surface area (Å²) < 4.78 is 11.9. The average Bonchev–Trinajstić information content (AvgIpc) is 4.04. The Kier molecular flexibility index (Phi) is 15.3. The fourth-order valence-electron chi connectivity index (χ4n) is 6.71. The average molecular weight is 943 g/mol. The van der Waals surface area contributed by atoms with Crippen LogP contribution in [0.25, 0.3) is 0 Å². The molecule has 0 spiro atoms. The number of benzene rings is 2. The highest BCUT2D eigenvalue weighted by atomic mass is 35.5. The molecule has 0 radical (unpaired) electrons. The van der Waals surface area contributed by atoms with Crippen LogP contribution in [0.15, 0.2) is 77.8 Å². The number of carbonyl (C=O) groups excluding carboxylic acids is 5. The number of aliphatic imine (C=N–C) groups is 1. The largest absolute Gasteiger partial charge is 0.442 e. The molecular weight excluding hydrogens is 897 g/mol. The third-order valence-electron chi connectivity index (χ3n) is 10.3. The third-order valence-corrected chi connectivity index (χ3v) is 13.0. The summed E-state index contributed by atoms with van der Waals surface area (Å²) in [5, 5.41) is 8.72. The minimum Gasteiger partial charge on any atom is -0.442 e. The van der Waals surface area contributed by atoms with Crippen LogP contribution >= 0.6 is 57.5 Å². The minimum absolute atomic E-state index is 0.157. The summed E-state index contributed by atoms with van der Waals surface area (Å²) in [6, 6.07) is 22.3. The highest BCUT2D eigenvalue weighted by molar-refractivity contribution is 7.18. The fraction of sp³-hybridized carbons (Fsp3) is 0.395. The Labute approximate surface area is 382 Å². The van der Waals surface area contributed by atoms with E-state index in [9.17, 15) is 24.0 Å². The van der Waals surface area contributed by atoms with E-state index in [0.29, 0.717) is 37.4 Å². The molecule has 2 aromatic heterocycles. The Morgan fingerprint density at radius 1 is 0.710 bits per heavy atom. The summed E-state index contributed by atoms with van der Waals surface area (Å²) in [7, 11) is 0. The Morgan fingerprint density at radius 2 is 1.19 bits per heavy atom. The van der Waals surface area contributed by atoms with E-state index in [-0.39, 0.29) is 42.2 Å². The predicted molar refractivity (Wildman–Crippen MR) is 246 cm³/mol. The van der Waals surface area contributed by atoms with Crippen molar-refractivity contribution < 1.29 is 33.4 Å². The van der Waals surface area contributed by atoms with Gasteiger partial charge in [-0.25, -0.2) is 9.59 Å². The lowest BCUT2D eigenvalue weighted by molar-refractivity contribution is -0.112. The molecule has 4 aromatic rings. The molecule has 5 heterocycles. The van der Waals surface area contributed by atoms with Crippen molar-refractivity contribution in [2.75, 3.05) is 65.8 Å². The van der Waals surface area contributed by atoms with Crippen molar-refractivity contribution in [3.63, 3.8) is 0 Å². The standard InChI is InChI=1S/C21H21ClN4O3S.C18H20ClN3O3S.C4H5ClO/c22-18-8-7-17(30-18)20(27)24-11-16-12-26(21(28)29-16)15-5-3-14(4-6-15)25-10-9-23-19(25)13-1-2-13;1-2-9-20-12-3-5-13(6-4-12)22-11-14(25-18(22)24)10-21-17(23)15-7-8-16(19)26-15;5-4(6)3-1-2-3/h3-8,13,16H,1-2,9-12H2,(H,24,27);3-8,14,20H,2,9-11H2,1H3,(H,21,23);3H,1-2H2/t16-;14-;/m00./s1. The van der Waals surface area contributed by atoms with Crippen molar-refractivity contribution >= 4 is 115 Å². The maximum atomic E-state index is 12.3. The number of hydrogen-bond acceptors (Lipinski definition) is 12. The van der Waals surface area contributed by atoms with Gasteiger partial charge in [0.25, 0.3) is 11.8 Å². The second-order valence-corrected chi connectivity index (χ2v) is 18.9. The van der Waals surface area contributed by atoms with Gasteiger partial charge in [-0.2, -0.15) is 0 Å². The SMILES string of the molecule is CCCNc1ccc(N2C[C@H](CNC(=O)c3ccc(Cl)s3)OC2=O)cc1.O=C(Cl)C1CC1.O=C(NC[C@H]1CN(c2ccc(N3CCN=C3C3CC3)cc2)C(=O)O1)c1ccc(Cl)s1. The van der Waals surface area contributed by atoms with E-state index in [4.69, 9.17) is 44.3 Å². The van der Waals surface area contributed by atoms with Crippen LogP contribution in [0.5, 0.6) is 0 Å². The molecule has 2 saturated carbocycles. The molecule has 2 aromatic carbocycles. The van der Waals surface area contributed by atoms with E-state index in [1.54, 1.807) is 34.1 Å². The van der Waals surface area contributed by atoms with Gasteiger partial charge in [0.2, 0.25) is 5.24 Å². The van der Waals surface area contributed by atoms with Crippen molar-refractivity contribution in [1.82, 2.24) is 10.6 Å².